The molecule has 1 nitrogen and oxygen atoms in total. The molecule has 2 rings (SSSR count). The summed E-state index contributed by atoms with van der Waals surface area (Å²) in [5, 5.41) is 9.39. The van der Waals surface area contributed by atoms with Gasteiger partial charge in [-0.05, 0) is 30.4 Å². The van der Waals surface area contributed by atoms with Crippen molar-refractivity contribution in [3.63, 3.8) is 0 Å². The number of rotatable bonds is 2. The van der Waals surface area contributed by atoms with E-state index in [-0.39, 0.29) is 6.10 Å². The smallest absolute Gasteiger partial charge is 0.0552 e. The average Bonchev–Trinajstić information content (AvgIpc) is 2.49. The molecule has 2 unspecified atom stereocenters. The first-order chi connectivity index (χ1) is 6.68. The fourth-order valence-corrected chi connectivity index (χ4v) is 3.31. The topological polar surface area (TPSA) is 20.2 Å². The zero-order chi connectivity index (χ0) is 10.1. The molecule has 1 aliphatic heterocycles. The third-order valence-corrected chi connectivity index (χ3v) is 4.10. The summed E-state index contributed by atoms with van der Waals surface area (Å²) in [5.74, 6) is 1.86. The summed E-state index contributed by atoms with van der Waals surface area (Å²) >= 11 is 1.93. The second-order valence-corrected chi connectivity index (χ2v) is 5.13. The van der Waals surface area contributed by atoms with Gasteiger partial charge in [-0.15, -0.1) is 11.8 Å². The van der Waals surface area contributed by atoms with E-state index < -0.39 is 0 Å². The average molecular weight is 208 g/mol. The monoisotopic (exact) mass is 208 g/mol. The molecule has 0 aliphatic carbocycles. The van der Waals surface area contributed by atoms with Crippen LogP contribution in [0.5, 0.6) is 0 Å². The van der Waals surface area contributed by atoms with Gasteiger partial charge in [0.05, 0.1) is 6.10 Å². The van der Waals surface area contributed by atoms with Crippen molar-refractivity contribution in [1.29, 1.82) is 0 Å². The van der Waals surface area contributed by atoms with E-state index in [1.54, 1.807) is 0 Å². The van der Waals surface area contributed by atoms with Crippen LogP contribution >= 0.6 is 11.8 Å². The Morgan fingerprint density at radius 2 is 2.36 bits per heavy atom. The second-order valence-electron chi connectivity index (χ2n) is 4.10. The van der Waals surface area contributed by atoms with Gasteiger partial charge in [0.15, 0.2) is 0 Å². The van der Waals surface area contributed by atoms with Gasteiger partial charge >= 0.3 is 0 Å². The Hall–Kier alpha value is -0.470. The molecule has 1 aromatic carbocycles. The Bertz CT molecular complexity index is 333. The van der Waals surface area contributed by atoms with Crippen LogP contribution in [0.4, 0.5) is 0 Å². The highest BCUT2D eigenvalue weighted by Crippen LogP contribution is 2.41. The Kier molecular flexibility index (Phi) is 2.84. The summed E-state index contributed by atoms with van der Waals surface area (Å²) in [7, 11) is 0. The molecular weight excluding hydrogens is 192 g/mol. The van der Waals surface area contributed by atoms with E-state index in [0.717, 1.165) is 6.42 Å². The van der Waals surface area contributed by atoms with Crippen LogP contribution in [0.2, 0.25) is 0 Å². The number of fused-ring (bicyclic) bond motifs is 1. The fraction of sp³-hybridized carbons (Fsp3) is 0.500. The van der Waals surface area contributed by atoms with Gasteiger partial charge in [-0.2, -0.15) is 0 Å². The van der Waals surface area contributed by atoms with E-state index in [1.807, 2.05) is 18.7 Å². The lowest BCUT2D eigenvalue weighted by atomic mass is 9.99. The Balaban J connectivity index is 2.34. The second kappa shape index (κ2) is 3.95. The molecule has 2 heteroatoms. The molecule has 1 aliphatic rings. The molecule has 0 saturated carbocycles. The molecule has 0 saturated heterocycles. The van der Waals surface area contributed by atoms with Crippen molar-refractivity contribution >= 4 is 11.8 Å². The van der Waals surface area contributed by atoms with Crippen LogP contribution < -0.4 is 0 Å². The van der Waals surface area contributed by atoms with Crippen molar-refractivity contribution in [1.82, 2.24) is 0 Å². The van der Waals surface area contributed by atoms with Crippen LogP contribution in [0, 0.1) is 0 Å². The number of hydrogen-bond donors (Lipinski definition) is 1. The highest BCUT2D eigenvalue weighted by Gasteiger charge is 2.21. The maximum Gasteiger partial charge on any atom is 0.0552 e. The molecule has 76 valence electrons. The van der Waals surface area contributed by atoms with E-state index in [0.29, 0.717) is 5.92 Å². The Labute approximate surface area is 89.5 Å². The maximum atomic E-state index is 9.39. The van der Waals surface area contributed by atoms with Gasteiger partial charge < -0.3 is 5.11 Å². The first-order valence-electron chi connectivity index (χ1n) is 5.11. The summed E-state index contributed by atoms with van der Waals surface area (Å²) in [6, 6.07) is 6.46. The Morgan fingerprint density at radius 3 is 3.07 bits per heavy atom. The zero-order valence-corrected chi connectivity index (χ0v) is 9.47. The van der Waals surface area contributed by atoms with Gasteiger partial charge in [0.25, 0.3) is 0 Å². The van der Waals surface area contributed by atoms with Crippen molar-refractivity contribution in [3.8, 4) is 0 Å². The van der Waals surface area contributed by atoms with Crippen molar-refractivity contribution in [2.24, 2.45) is 0 Å². The Morgan fingerprint density at radius 1 is 1.57 bits per heavy atom. The van der Waals surface area contributed by atoms with Crippen LogP contribution in [0.25, 0.3) is 0 Å². The number of aliphatic hydroxyl groups is 1. The van der Waals surface area contributed by atoms with E-state index >= 15 is 0 Å². The lowest BCUT2D eigenvalue weighted by Crippen LogP contribution is -2.05. The van der Waals surface area contributed by atoms with Gasteiger partial charge in [-0.25, -0.2) is 0 Å². The molecule has 1 N–H and O–H groups in total. The van der Waals surface area contributed by atoms with Gasteiger partial charge in [0.1, 0.15) is 0 Å². The minimum absolute atomic E-state index is 0.238. The molecule has 0 bridgehead atoms. The van der Waals surface area contributed by atoms with E-state index in [4.69, 9.17) is 0 Å². The molecule has 0 fully saturated rings. The first-order valence-corrected chi connectivity index (χ1v) is 6.09. The molecule has 1 aromatic rings. The molecule has 0 radical (unpaired) electrons. The van der Waals surface area contributed by atoms with Gasteiger partial charge in [-0.1, -0.05) is 25.1 Å². The third-order valence-electron chi connectivity index (χ3n) is 2.65. The fourth-order valence-electron chi connectivity index (χ4n) is 1.95. The lowest BCUT2D eigenvalue weighted by molar-refractivity contribution is 0.194. The highest BCUT2D eigenvalue weighted by molar-refractivity contribution is 7.99. The van der Waals surface area contributed by atoms with Crippen molar-refractivity contribution in [3.05, 3.63) is 29.3 Å². The molecule has 0 aromatic heterocycles. The predicted molar refractivity (Wildman–Crippen MR) is 61.0 cm³/mol. The van der Waals surface area contributed by atoms with Crippen molar-refractivity contribution < 1.29 is 5.11 Å². The quantitative estimate of drug-likeness (QED) is 0.806. The van der Waals surface area contributed by atoms with Gasteiger partial charge in [0, 0.05) is 10.6 Å². The number of thioether (sulfide) groups is 1. The van der Waals surface area contributed by atoms with Crippen molar-refractivity contribution in [2.75, 3.05) is 5.75 Å². The standard InChI is InChI=1S/C12H16OS/c1-8-7-14-12-10(6-9(2)13)4-3-5-11(8)12/h3-5,8-9,13H,6-7H2,1-2H3. The van der Waals surface area contributed by atoms with E-state index in [9.17, 15) is 5.11 Å². The van der Waals surface area contributed by atoms with Crippen molar-refractivity contribution in [2.45, 2.75) is 37.2 Å². The molecule has 2 atom stereocenters. The normalized spacial score (nSPS) is 22.1. The van der Waals surface area contributed by atoms with Crippen LogP contribution in [0.1, 0.15) is 30.9 Å². The van der Waals surface area contributed by atoms with E-state index in [1.165, 1.54) is 21.8 Å². The predicted octanol–water partition coefficient (Wildman–Crippen LogP) is 2.82. The summed E-state index contributed by atoms with van der Waals surface area (Å²) < 4.78 is 0. The molecule has 0 amide bonds. The number of benzene rings is 1. The molecular formula is C12H16OS. The largest absolute Gasteiger partial charge is 0.393 e. The van der Waals surface area contributed by atoms with Gasteiger partial charge in [0.2, 0.25) is 0 Å². The van der Waals surface area contributed by atoms with Gasteiger partial charge in [-0.3, -0.25) is 0 Å². The molecule has 14 heavy (non-hydrogen) atoms. The minimum Gasteiger partial charge on any atom is -0.393 e. The first kappa shape index (κ1) is 10.1. The van der Waals surface area contributed by atoms with Crippen LogP contribution in [0.15, 0.2) is 23.1 Å². The number of hydrogen-bond acceptors (Lipinski definition) is 2. The summed E-state index contributed by atoms with van der Waals surface area (Å²) in [4.78, 5) is 1.42. The third kappa shape index (κ3) is 1.82. The molecule has 0 spiro atoms. The highest BCUT2D eigenvalue weighted by atomic mass is 32.2. The van der Waals surface area contributed by atoms with Crippen LogP contribution in [-0.2, 0) is 6.42 Å². The lowest BCUT2D eigenvalue weighted by Gasteiger charge is -2.10. The SMILES string of the molecule is CC(O)Cc1cccc2c1SCC2C. The summed E-state index contributed by atoms with van der Waals surface area (Å²) in [6.45, 7) is 4.12. The zero-order valence-electron chi connectivity index (χ0n) is 8.66. The number of aliphatic hydroxyl groups excluding tert-OH is 1. The summed E-state index contributed by atoms with van der Waals surface area (Å²) in [5.41, 5.74) is 2.78. The van der Waals surface area contributed by atoms with Crippen LogP contribution in [0.3, 0.4) is 0 Å². The van der Waals surface area contributed by atoms with E-state index in [2.05, 4.69) is 25.1 Å². The summed E-state index contributed by atoms with van der Waals surface area (Å²) in [6.07, 6.45) is 0.543. The minimum atomic E-state index is -0.238. The van der Waals surface area contributed by atoms with Crippen LogP contribution in [-0.4, -0.2) is 17.0 Å². The molecule has 1 heterocycles. The maximum absolute atomic E-state index is 9.39.